The van der Waals surface area contributed by atoms with Gasteiger partial charge in [0.25, 0.3) is 0 Å². The number of aromatic nitrogens is 2. The minimum absolute atomic E-state index is 0.0801. The van der Waals surface area contributed by atoms with Crippen LogP contribution in [0.1, 0.15) is 5.69 Å². The fourth-order valence-corrected chi connectivity index (χ4v) is 1.52. The fourth-order valence-electron chi connectivity index (χ4n) is 1.52. The molecule has 0 bridgehead atoms. The molecule has 1 aromatic heterocycles. The summed E-state index contributed by atoms with van der Waals surface area (Å²) in [6, 6.07) is 6.13. The highest BCUT2D eigenvalue weighted by Crippen LogP contribution is 2.23. The molecule has 1 heterocycles. The van der Waals surface area contributed by atoms with E-state index in [0.29, 0.717) is 0 Å². The summed E-state index contributed by atoms with van der Waals surface area (Å²) in [4.78, 5) is 0. The Hall–Kier alpha value is -1.68. The van der Waals surface area contributed by atoms with Gasteiger partial charge in [-0.3, -0.25) is 4.68 Å². The Balaban J connectivity index is 2.49. The zero-order valence-electron chi connectivity index (χ0n) is 8.31. The minimum Gasteiger partial charge on any atom is -0.390 e. The van der Waals surface area contributed by atoms with Crippen LogP contribution in [0.15, 0.2) is 30.5 Å². The number of aryl methyl sites for hydroxylation is 1. The van der Waals surface area contributed by atoms with Crippen LogP contribution in [-0.4, -0.2) is 14.9 Å². The average Bonchev–Trinajstić information content (AvgIpc) is 2.61. The largest absolute Gasteiger partial charge is 0.390 e. The number of nitrogens with zero attached hydrogens (tertiary/aromatic N) is 2. The number of rotatable bonds is 2. The lowest BCUT2D eigenvalue weighted by Gasteiger charge is -2.02. The molecule has 2 rings (SSSR count). The first-order valence-electron chi connectivity index (χ1n) is 4.60. The molecule has 15 heavy (non-hydrogen) atoms. The molecule has 0 aliphatic heterocycles. The van der Waals surface area contributed by atoms with E-state index in [0.717, 1.165) is 16.8 Å². The second-order valence-corrected chi connectivity index (χ2v) is 3.29. The Morgan fingerprint density at radius 2 is 2.00 bits per heavy atom. The smallest absolute Gasteiger partial charge is 0.123 e. The van der Waals surface area contributed by atoms with Crippen LogP contribution in [0.5, 0.6) is 0 Å². The van der Waals surface area contributed by atoms with Gasteiger partial charge in [0.2, 0.25) is 0 Å². The minimum atomic E-state index is -0.270. The Morgan fingerprint density at radius 1 is 1.33 bits per heavy atom. The lowest BCUT2D eigenvalue weighted by atomic mass is 10.1. The molecule has 0 saturated carbocycles. The van der Waals surface area contributed by atoms with Crippen LogP contribution in [0.3, 0.4) is 0 Å². The van der Waals surface area contributed by atoms with E-state index < -0.39 is 0 Å². The quantitative estimate of drug-likeness (QED) is 0.812. The molecule has 0 spiro atoms. The highest BCUT2D eigenvalue weighted by atomic mass is 19.1. The van der Waals surface area contributed by atoms with Gasteiger partial charge < -0.3 is 5.11 Å². The fraction of sp³-hybridized carbons (Fsp3) is 0.182. The van der Waals surface area contributed by atoms with Gasteiger partial charge in [-0.2, -0.15) is 5.10 Å². The van der Waals surface area contributed by atoms with Crippen LogP contribution in [0, 0.1) is 5.82 Å². The third-order valence-electron chi connectivity index (χ3n) is 2.37. The molecule has 2 aromatic rings. The number of aliphatic hydroxyl groups is 1. The maximum absolute atomic E-state index is 12.7. The predicted molar refractivity (Wildman–Crippen MR) is 54.5 cm³/mol. The Morgan fingerprint density at radius 3 is 2.60 bits per heavy atom. The Bertz CT molecular complexity index is 462. The summed E-state index contributed by atoms with van der Waals surface area (Å²) >= 11 is 0. The van der Waals surface area contributed by atoms with Crippen LogP contribution >= 0.6 is 0 Å². The van der Waals surface area contributed by atoms with Gasteiger partial charge in [-0.05, 0) is 17.7 Å². The number of hydrogen-bond acceptors (Lipinski definition) is 2. The second kappa shape index (κ2) is 3.82. The first-order chi connectivity index (χ1) is 7.22. The average molecular weight is 206 g/mol. The van der Waals surface area contributed by atoms with Crippen molar-refractivity contribution < 1.29 is 9.50 Å². The molecule has 4 heteroatoms. The van der Waals surface area contributed by atoms with Crippen molar-refractivity contribution in [3.05, 3.63) is 42.0 Å². The number of hydrogen-bond donors (Lipinski definition) is 1. The summed E-state index contributed by atoms with van der Waals surface area (Å²) in [7, 11) is 1.76. The second-order valence-electron chi connectivity index (χ2n) is 3.29. The number of halogens is 1. The third kappa shape index (κ3) is 1.76. The van der Waals surface area contributed by atoms with E-state index in [2.05, 4.69) is 5.10 Å². The summed E-state index contributed by atoms with van der Waals surface area (Å²) < 4.78 is 14.3. The van der Waals surface area contributed by atoms with E-state index in [4.69, 9.17) is 5.11 Å². The van der Waals surface area contributed by atoms with E-state index >= 15 is 0 Å². The summed E-state index contributed by atoms with van der Waals surface area (Å²) in [6.45, 7) is -0.0801. The molecular formula is C11H11FN2O. The van der Waals surface area contributed by atoms with Crippen molar-refractivity contribution in [2.45, 2.75) is 6.61 Å². The molecule has 0 aliphatic carbocycles. The molecule has 0 fully saturated rings. The van der Waals surface area contributed by atoms with Crippen molar-refractivity contribution in [2.24, 2.45) is 7.05 Å². The molecule has 0 saturated heterocycles. The van der Waals surface area contributed by atoms with E-state index in [9.17, 15) is 4.39 Å². The van der Waals surface area contributed by atoms with Gasteiger partial charge in [-0.25, -0.2) is 4.39 Å². The molecule has 3 nitrogen and oxygen atoms in total. The van der Waals surface area contributed by atoms with Crippen molar-refractivity contribution in [3.8, 4) is 11.1 Å². The molecule has 0 amide bonds. The standard InChI is InChI=1S/C11H11FN2O/c1-14-11(7-15)10(6-13-14)8-2-4-9(12)5-3-8/h2-6,15H,7H2,1H3. The summed E-state index contributed by atoms with van der Waals surface area (Å²) in [6.07, 6.45) is 1.67. The lowest BCUT2D eigenvalue weighted by molar-refractivity contribution is 0.271. The van der Waals surface area contributed by atoms with Crippen molar-refractivity contribution in [1.82, 2.24) is 9.78 Å². The number of benzene rings is 1. The molecule has 1 aromatic carbocycles. The highest BCUT2D eigenvalue weighted by molar-refractivity contribution is 5.65. The lowest BCUT2D eigenvalue weighted by Crippen LogP contribution is -1.98. The van der Waals surface area contributed by atoms with Gasteiger partial charge in [0, 0.05) is 12.6 Å². The molecule has 0 atom stereocenters. The summed E-state index contributed by atoms with van der Waals surface area (Å²) in [5.41, 5.74) is 2.41. The molecule has 0 aliphatic rings. The topological polar surface area (TPSA) is 38.0 Å². The normalized spacial score (nSPS) is 10.6. The van der Waals surface area contributed by atoms with Gasteiger partial charge in [0.05, 0.1) is 18.5 Å². The maximum Gasteiger partial charge on any atom is 0.123 e. The first-order valence-corrected chi connectivity index (χ1v) is 4.60. The van der Waals surface area contributed by atoms with Gasteiger partial charge >= 0.3 is 0 Å². The number of aliphatic hydroxyl groups excluding tert-OH is 1. The zero-order valence-corrected chi connectivity index (χ0v) is 8.31. The summed E-state index contributed by atoms with van der Waals surface area (Å²) in [5.74, 6) is -0.270. The van der Waals surface area contributed by atoms with Crippen LogP contribution in [0.25, 0.3) is 11.1 Å². The van der Waals surface area contributed by atoms with Crippen molar-refractivity contribution in [2.75, 3.05) is 0 Å². The van der Waals surface area contributed by atoms with E-state index in [1.165, 1.54) is 12.1 Å². The third-order valence-corrected chi connectivity index (χ3v) is 2.37. The Kier molecular flexibility index (Phi) is 2.51. The molecule has 78 valence electrons. The molecule has 0 unspecified atom stereocenters. The predicted octanol–water partition coefficient (Wildman–Crippen LogP) is 1.72. The van der Waals surface area contributed by atoms with E-state index in [-0.39, 0.29) is 12.4 Å². The van der Waals surface area contributed by atoms with Crippen molar-refractivity contribution >= 4 is 0 Å². The van der Waals surface area contributed by atoms with Gasteiger partial charge in [-0.15, -0.1) is 0 Å². The van der Waals surface area contributed by atoms with E-state index in [1.54, 1.807) is 30.1 Å². The van der Waals surface area contributed by atoms with Crippen LogP contribution in [0.4, 0.5) is 4.39 Å². The molecule has 0 radical (unpaired) electrons. The van der Waals surface area contributed by atoms with Crippen LogP contribution < -0.4 is 0 Å². The van der Waals surface area contributed by atoms with Crippen LogP contribution in [-0.2, 0) is 13.7 Å². The molecular weight excluding hydrogens is 195 g/mol. The zero-order chi connectivity index (χ0) is 10.8. The Labute approximate surface area is 86.8 Å². The highest BCUT2D eigenvalue weighted by Gasteiger charge is 2.09. The monoisotopic (exact) mass is 206 g/mol. The van der Waals surface area contributed by atoms with Gasteiger partial charge in [-0.1, -0.05) is 12.1 Å². The van der Waals surface area contributed by atoms with Crippen LogP contribution in [0.2, 0.25) is 0 Å². The van der Waals surface area contributed by atoms with Crippen molar-refractivity contribution in [1.29, 1.82) is 0 Å². The maximum atomic E-state index is 12.7. The van der Waals surface area contributed by atoms with Gasteiger partial charge in [0.1, 0.15) is 5.82 Å². The van der Waals surface area contributed by atoms with Gasteiger partial charge in [0.15, 0.2) is 0 Å². The van der Waals surface area contributed by atoms with Crippen molar-refractivity contribution in [3.63, 3.8) is 0 Å². The first kappa shape index (κ1) is 9.86. The SMILES string of the molecule is Cn1ncc(-c2ccc(F)cc2)c1CO. The summed E-state index contributed by atoms with van der Waals surface area (Å²) in [5, 5.41) is 13.2. The van der Waals surface area contributed by atoms with E-state index in [1.807, 2.05) is 0 Å². The molecule has 1 N–H and O–H groups in total.